The summed E-state index contributed by atoms with van der Waals surface area (Å²) >= 11 is 0. The molecule has 0 radical (unpaired) electrons. The van der Waals surface area contributed by atoms with Gasteiger partial charge in [0.1, 0.15) is 0 Å². The lowest BCUT2D eigenvalue weighted by Gasteiger charge is -2.23. The van der Waals surface area contributed by atoms with Crippen molar-refractivity contribution >= 4 is 11.7 Å². The topological polar surface area (TPSA) is 53.4 Å². The first-order chi connectivity index (χ1) is 12.4. The van der Waals surface area contributed by atoms with Crippen molar-refractivity contribution < 1.29 is 4.79 Å². The number of urea groups is 1. The molecule has 140 valence electrons. The molecule has 3 rings (SSSR count). The van der Waals surface area contributed by atoms with Gasteiger partial charge in [-0.1, -0.05) is 17.7 Å². The zero-order valence-electron chi connectivity index (χ0n) is 16.2. The van der Waals surface area contributed by atoms with Crippen LogP contribution in [0.25, 0.3) is 0 Å². The van der Waals surface area contributed by atoms with Crippen molar-refractivity contribution in [1.29, 1.82) is 0 Å². The van der Waals surface area contributed by atoms with E-state index in [2.05, 4.69) is 40.7 Å². The summed E-state index contributed by atoms with van der Waals surface area (Å²) in [5.74, 6) is 0. The number of fused-ring (bicyclic) bond motifs is 1. The van der Waals surface area contributed by atoms with Crippen molar-refractivity contribution in [2.45, 2.75) is 52.9 Å². The average molecular weight is 355 g/mol. The fourth-order valence-corrected chi connectivity index (χ4v) is 3.08. The zero-order chi connectivity index (χ0) is 18.7. The highest BCUT2D eigenvalue weighted by atomic mass is 16.2. The fourth-order valence-electron chi connectivity index (χ4n) is 3.08. The fraction of sp³-hybridized carbons (Fsp3) is 0.500. The van der Waals surface area contributed by atoms with Crippen LogP contribution in [0.2, 0.25) is 0 Å². The number of carbonyl (C=O) groups excluding carboxylic acids is 1. The first-order valence-electron chi connectivity index (χ1n) is 9.29. The highest BCUT2D eigenvalue weighted by Gasteiger charge is 2.23. The first kappa shape index (κ1) is 18.5. The third kappa shape index (κ3) is 4.25. The molecule has 1 aromatic carbocycles. The van der Waals surface area contributed by atoms with Crippen LogP contribution in [0.1, 0.15) is 37.2 Å². The Morgan fingerprint density at radius 1 is 1.27 bits per heavy atom. The normalized spacial score (nSPS) is 14.5. The highest BCUT2D eigenvalue weighted by molar-refractivity contribution is 5.89. The molecule has 1 N–H and O–H groups in total. The van der Waals surface area contributed by atoms with E-state index in [0.717, 1.165) is 43.1 Å². The number of amides is 2. The highest BCUT2D eigenvalue weighted by Crippen LogP contribution is 2.19. The molecular weight excluding hydrogens is 326 g/mol. The van der Waals surface area contributed by atoms with Crippen LogP contribution in [0.5, 0.6) is 0 Å². The van der Waals surface area contributed by atoms with Crippen molar-refractivity contribution in [2.24, 2.45) is 0 Å². The second-order valence-corrected chi connectivity index (χ2v) is 7.41. The largest absolute Gasteiger partial charge is 0.333 e. The Morgan fingerprint density at radius 3 is 2.69 bits per heavy atom. The maximum absolute atomic E-state index is 12.8. The smallest absolute Gasteiger partial charge is 0.322 e. The number of aryl methyl sites for hydroxylation is 2. The predicted molar refractivity (Wildman–Crippen MR) is 104 cm³/mol. The molecule has 2 amide bonds. The van der Waals surface area contributed by atoms with Gasteiger partial charge in [-0.3, -0.25) is 4.90 Å². The number of nitrogens with one attached hydrogen (secondary N) is 1. The second kappa shape index (κ2) is 7.91. The molecule has 0 spiro atoms. The van der Waals surface area contributed by atoms with Crippen LogP contribution >= 0.6 is 0 Å². The van der Waals surface area contributed by atoms with Gasteiger partial charge in [-0.05, 0) is 46.4 Å². The Bertz CT molecular complexity index is 750. The van der Waals surface area contributed by atoms with Crippen LogP contribution in [-0.2, 0) is 19.6 Å². The van der Waals surface area contributed by atoms with Gasteiger partial charge in [0.25, 0.3) is 0 Å². The minimum absolute atomic E-state index is 0.0494. The Hall–Kier alpha value is -2.34. The van der Waals surface area contributed by atoms with E-state index in [1.807, 2.05) is 42.4 Å². The van der Waals surface area contributed by atoms with Crippen molar-refractivity contribution in [3.05, 3.63) is 47.5 Å². The van der Waals surface area contributed by atoms with Gasteiger partial charge in [0.2, 0.25) is 0 Å². The molecule has 0 saturated carbocycles. The molecule has 1 aliphatic rings. The van der Waals surface area contributed by atoms with Gasteiger partial charge in [-0.15, -0.1) is 0 Å². The maximum atomic E-state index is 12.8. The number of nitrogens with zero attached hydrogens (tertiary/aromatic N) is 4. The summed E-state index contributed by atoms with van der Waals surface area (Å²) in [5, 5.41) is 3.02. The SMILES string of the molecule is Cc1ccc(NC(=O)N2CCCn3cnc(CN(C)C(C)C)c3C2)cc1. The van der Waals surface area contributed by atoms with Crippen LogP contribution in [0.4, 0.5) is 10.5 Å². The summed E-state index contributed by atoms with van der Waals surface area (Å²) < 4.78 is 2.20. The van der Waals surface area contributed by atoms with Crippen molar-refractivity contribution in [1.82, 2.24) is 19.4 Å². The van der Waals surface area contributed by atoms with Crippen molar-refractivity contribution in [3.63, 3.8) is 0 Å². The van der Waals surface area contributed by atoms with Crippen LogP contribution in [-0.4, -0.2) is 45.0 Å². The van der Waals surface area contributed by atoms with Crippen LogP contribution < -0.4 is 5.32 Å². The Labute approximate surface area is 155 Å². The van der Waals surface area contributed by atoms with Gasteiger partial charge in [-0.25, -0.2) is 9.78 Å². The van der Waals surface area contributed by atoms with Gasteiger partial charge in [0, 0.05) is 31.4 Å². The number of anilines is 1. The lowest BCUT2D eigenvalue weighted by Crippen LogP contribution is -2.35. The van der Waals surface area contributed by atoms with Crippen molar-refractivity contribution in [2.75, 3.05) is 18.9 Å². The molecule has 6 nitrogen and oxygen atoms in total. The van der Waals surface area contributed by atoms with E-state index in [4.69, 9.17) is 0 Å². The molecule has 1 aliphatic heterocycles. The summed E-state index contributed by atoms with van der Waals surface area (Å²) in [6.45, 7) is 9.44. The molecule has 0 atom stereocenters. The summed E-state index contributed by atoms with van der Waals surface area (Å²) in [6.07, 6.45) is 2.85. The third-order valence-electron chi connectivity index (χ3n) is 5.07. The van der Waals surface area contributed by atoms with E-state index >= 15 is 0 Å². The molecule has 2 heterocycles. The van der Waals surface area contributed by atoms with E-state index < -0.39 is 0 Å². The van der Waals surface area contributed by atoms with E-state index in [9.17, 15) is 4.79 Å². The lowest BCUT2D eigenvalue weighted by molar-refractivity contribution is 0.209. The molecule has 0 bridgehead atoms. The Kier molecular flexibility index (Phi) is 5.61. The van der Waals surface area contributed by atoms with Crippen LogP contribution in [0.3, 0.4) is 0 Å². The quantitative estimate of drug-likeness (QED) is 0.914. The number of hydrogen-bond donors (Lipinski definition) is 1. The Balaban J connectivity index is 1.72. The molecule has 26 heavy (non-hydrogen) atoms. The summed E-state index contributed by atoms with van der Waals surface area (Å²) in [4.78, 5) is 21.5. The van der Waals surface area contributed by atoms with E-state index in [1.54, 1.807) is 0 Å². The van der Waals surface area contributed by atoms with Gasteiger partial charge in [0.05, 0.1) is 24.3 Å². The van der Waals surface area contributed by atoms with Gasteiger partial charge >= 0.3 is 6.03 Å². The molecule has 1 aromatic heterocycles. The number of hydrogen-bond acceptors (Lipinski definition) is 3. The molecule has 0 fully saturated rings. The molecular formula is C20H29N5O. The maximum Gasteiger partial charge on any atom is 0.322 e. The van der Waals surface area contributed by atoms with Crippen LogP contribution in [0, 0.1) is 6.92 Å². The number of rotatable bonds is 4. The first-order valence-corrected chi connectivity index (χ1v) is 9.29. The minimum Gasteiger partial charge on any atom is -0.333 e. The standard InChI is InChI=1S/C20H29N5O/c1-15(2)23(4)12-18-19-13-24(10-5-11-25(19)14-21-18)20(26)22-17-8-6-16(3)7-9-17/h6-9,14-15H,5,10-13H2,1-4H3,(H,22,26). The van der Waals surface area contributed by atoms with Gasteiger partial charge in [-0.2, -0.15) is 0 Å². The minimum atomic E-state index is -0.0494. The van der Waals surface area contributed by atoms with Gasteiger partial charge < -0.3 is 14.8 Å². The molecule has 0 saturated heterocycles. The summed E-state index contributed by atoms with van der Waals surface area (Å²) in [5.41, 5.74) is 4.23. The number of benzene rings is 1. The zero-order valence-corrected chi connectivity index (χ0v) is 16.2. The predicted octanol–water partition coefficient (Wildman–Crippen LogP) is 3.47. The third-order valence-corrected chi connectivity index (χ3v) is 5.07. The van der Waals surface area contributed by atoms with E-state index in [-0.39, 0.29) is 6.03 Å². The van der Waals surface area contributed by atoms with Gasteiger partial charge in [0.15, 0.2) is 0 Å². The number of imidazole rings is 1. The summed E-state index contributed by atoms with van der Waals surface area (Å²) in [7, 11) is 2.11. The van der Waals surface area contributed by atoms with E-state index in [0.29, 0.717) is 12.6 Å². The monoisotopic (exact) mass is 355 g/mol. The Morgan fingerprint density at radius 2 is 2.00 bits per heavy atom. The molecule has 6 heteroatoms. The number of carbonyl (C=O) groups is 1. The lowest BCUT2D eigenvalue weighted by atomic mass is 10.2. The summed E-state index contributed by atoms with van der Waals surface area (Å²) in [6, 6.07) is 8.31. The van der Waals surface area contributed by atoms with E-state index in [1.165, 1.54) is 5.56 Å². The second-order valence-electron chi connectivity index (χ2n) is 7.41. The number of aromatic nitrogens is 2. The molecule has 0 aliphatic carbocycles. The van der Waals surface area contributed by atoms with Crippen LogP contribution in [0.15, 0.2) is 30.6 Å². The average Bonchev–Trinajstić information content (AvgIpc) is 2.85. The molecule has 2 aromatic rings. The van der Waals surface area contributed by atoms with Crippen molar-refractivity contribution in [3.8, 4) is 0 Å². The molecule has 0 unspecified atom stereocenters.